The first-order chi connectivity index (χ1) is 9.27. The van der Waals surface area contributed by atoms with Gasteiger partial charge in [-0.3, -0.25) is 9.59 Å². The number of benzene rings is 1. The Labute approximate surface area is 121 Å². The quantitative estimate of drug-likeness (QED) is 0.622. The van der Waals surface area contributed by atoms with Gasteiger partial charge in [-0.2, -0.15) is 0 Å². The van der Waals surface area contributed by atoms with Crippen LogP contribution in [0.5, 0.6) is 0 Å². The fourth-order valence-corrected chi connectivity index (χ4v) is 2.24. The zero-order valence-electron chi connectivity index (χ0n) is 11.4. The Kier molecular flexibility index (Phi) is 5.11. The maximum atomic E-state index is 13.5. The van der Waals surface area contributed by atoms with Crippen LogP contribution in [0.1, 0.15) is 43.5 Å². The maximum Gasteiger partial charge on any atom is 0.310 e. The number of carboxylic acids is 1. The van der Waals surface area contributed by atoms with E-state index in [1.54, 1.807) is 13.8 Å². The van der Waals surface area contributed by atoms with Gasteiger partial charge in [0.1, 0.15) is 5.82 Å². The van der Waals surface area contributed by atoms with Crippen molar-refractivity contribution in [2.45, 2.75) is 33.1 Å². The van der Waals surface area contributed by atoms with Crippen LogP contribution in [0.3, 0.4) is 0 Å². The molecule has 0 aliphatic rings. The third-order valence-corrected chi connectivity index (χ3v) is 4.02. The lowest BCUT2D eigenvalue weighted by Crippen LogP contribution is -2.32. The minimum absolute atomic E-state index is 0.0363. The molecule has 110 valence electrons. The summed E-state index contributed by atoms with van der Waals surface area (Å²) in [5, 5.41) is 9.25. The molecule has 0 unspecified atom stereocenters. The molecule has 0 atom stereocenters. The predicted octanol–water partition coefficient (Wildman–Crippen LogP) is 3.53. The van der Waals surface area contributed by atoms with Crippen LogP contribution in [0.15, 0.2) is 12.1 Å². The molecule has 0 aromatic heterocycles. The van der Waals surface area contributed by atoms with Crippen LogP contribution in [-0.4, -0.2) is 16.9 Å². The molecule has 0 aliphatic carbocycles. The van der Waals surface area contributed by atoms with E-state index in [9.17, 15) is 19.1 Å². The summed E-state index contributed by atoms with van der Waals surface area (Å²) in [7, 11) is 0. The Morgan fingerprint density at radius 3 is 2.30 bits per heavy atom. The number of Topliss-reactive ketones (excluding diaryl/α,β-unsaturated/α-hetero) is 1. The van der Waals surface area contributed by atoms with E-state index in [1.165, 1.54) is 6.07 Å². The summed E-state index contributed by atoms with van der Waals surface area (Å²) in [5.74, 6) is -2.27. The SMILES string of the molecule is CCC(CC)(CC(=O)c1cc(F)c(N)c(Cl)c1)C(=O)O. The Hall–Kier alpha value is -1.62. The third-order valence-electron chi connectivity index (χ3n) is 3.71. The number of carbonyl (C=O) groups is 2. The molecule has 4 nitrogen and oxygen atoms in total. The molecule has 0 saturated heterocycles. The van der Waals surface area contributed by atoms with Crippen molar-refractivity contribution in [1.29, 1.82) is 0 Å². The number of aliphatic carboxylic acids is 1. The van der Waals surface area contributed by atoms with Gasteiger partial charge in [0.05, 0.1) is 16.1 Å². The summed E-state index contributed by atoms with van der Waals surface area (Å²) >= 11 is 5.73. The van der Waals surface area contributed by atoms with E-state index in [2.05, 4.69) is 0 Å². The lowest BCUT2D eigenvalue weighted by molar-refractivity contribution is -0.149. The predicted molar refractivity (Wildman–Crippen MR) is 75.4 cm³/mol. The van der Waals surface area contributed by atoms with E-state index in [4.69, 9.17) is 17.3 Å². The summed E-state index contributed by atoms with van der Waals surface area (Å²) in [6, 6.07) is 2.25. The van der Waals surface area contributed by atoms with E-state index < -0.39 is 23.0 Å². The number of carbonyl (C=O) groups excluding carboxylic acids is 1. The van der Waals surface area contributed by atoms with Gasteiger partial charge in [-0.15, -0.1) is 0 Å². The van der Waals surface area contributed by atoms with Crippen molar-refractivity contribution in [2.24, 2.45) is 5.41 Å². The van der Waals surface area contributed by atoms with Gasteiger partial charge in [0.15, 0.2) is 5.78 Å². The van der Waals surface area contributed by atoms with E-state index in [-0.39, 0.29) is 22.7 Å². The van der Waals surface area contributed by atoms with Crippen LogP contribution in [0, 0.1) is 11.2 Å². The summed E-state index contributed by atoms with van der Waals surface area (Å²) < 4.78 is 13.5. The zero-order chi connectivity index (χ0) is 15.5. The van der Waals surface area contributed by atoms with E-state index in [0.717, 1.165) is 6.07 Å². The van der Waals surface area contributed by atoms with Gasteiger partial charge in [0.2, 0.25) is 0 Å². The Bertz CT molecular complexity index is 518. The number of anilines is 1. The summed E-state index contributed by atoms with van der Waals surface area (Å²) in [6.07, 6.45) is 0.431. The fourth-order valence-electron chi connectivity index (χ4n) is 2.03. The molecule has 20 heavy (non-hydrogen) atoms. The standard InChI is InChI=1S/C14H17ClFNO3/c1-3-14(4-2,13(19)20)7-11(18)8-5-9(15)12(17)10(16)6-8/h5-6H,3-4,7,17H2,1-2H3,(H,19,20). The number of ketones is 1. The third kappa shape index (κ3) is 3.10. The second-order valence-electron chi connectivity index (χ2n) is 4.75. The molecular weight excluding hydrogens is 285 g/mol. The lowest BCUT2D eigenvalue weighted by Gasteiger charge is -2.25. The highest BCUT2D eigenvalue weighted by Gasteiger charge is 2.37. The van der Waals surface area contributed by atoms with Crippen LogP contribution in [-0.2, 0) is 4.79 Å². The second-order valence-corrected chi connectivity index (χ2v) is 5.15. The summed E-state index contributed by atoms with van der Waals surface area (Å²) in [4.78, 5) is 23.5. The van der Waals surface area contributed by atoms with Crippen molar-refractivity contribution in [1.82, 2.24) is 0 Å². The molecule has 0 amide bonds. The van der Waals surface area contributed by atoms with E-state index in [0.29, 0.717) is 12.8 Å². The Morgan fingerprint density at radius 1 is 1.35 bits per heavy atom. The van der Waals surface area contributed by atoms with Gasteiger partial charge < -0.3 is 10.8 Å². The topological polar surface area (TPSA) is 80.4 Å². The largest absolute Gasteiger partial charge is 0.481 e. The van der Waals surface area contributed by atoms with E-state index in [1.807, 2.05) is 0 Å². The first-order valence-corrected chi connectivity index (χ1v) is 6.66. The molecule has 0 spiro atoms. The first kappa shape index (κ1) is 16.4. The van der Waals surface area contributed by atoms with Crippen LogP contribution in [0.4, 0.5) is 10.1 Å². The van der Waals surface area contributed by atoms with E-state index >= 15 is 0 Å². The smallest absolute Gasteiger partial charge is 0.310 e. The first-order valence-electron chi connectivity index (χ1n) is 6.28. The molecular formula is C14H17ClFNO3. The zero-order valence-corrected chi connectivity index (χ0v) is 12.1. The minimum atomic E-state index is -1.14. The maximum absolute atomic E-state index is 13.5. The van der Waals surface area contributed by atoms with Crippen LogP contribution < -0.4 is 5.73 Å². The van der Waals surface area contributed by atoms with Crippen LogP contribution in [0.2, 0.25) is 5.02 Å². The van der Waals surface area contributed by atoms with Gasteiger partial charge >= 0.3 is 5.97 Å². The number of hydrogen-bond donors (Lipinski definition) is 2. The highest BCUT2D eigenvalue weighted by atomic mass is 35.5. The van der Waals surface area contributed by atoms with Gasteiger partial charge in [0.25, 0.3) is 0 Å². The molecule has 1 rings (SSSR count). The molecule has 0 saturated carbocycles. The molecule has 0 fully saturated rings. The molecule has 0 bridgehead atoms. The molecule has 0 heterocycles. The van der Waals surface area contributed by atoms with Crippen LogP contribution >= 0.6 is 11.6 Å². The summed E-state index contributed by atoms with van der Waals surface area (Å²) in [6.45, 7) is 3.42. The lowest BCUT2D eigenvalue weighted by atomic mass is 9.77. The van der Waals surface area contributed by atoms with Gasteiger partial charge in [-0.05, 0) is 25.0 Å². The van der Waals surface area contributed by atoms with Crippen molar-refractivity contribution >= 4 is 29.0 Å². The number of hydrogen-bond acceptors (Lipinski definition) is 3. The number of nitrogens with two attached hydrogens (primary N) is 1. The molecule has 0 radical (unpaired) electrons. The molecule has 3 N–H and O–H groups in total. The Balaban J connectivity index is 3.10. The number of nitrogen functional groups attached to an aromatic ring is 1. The Morgan fingerprint density at radius 2 is 1.90 bits per heavy atom. The molecule has 1 aromatic carbocycles. The van der Waals surface area contributed by atoms with Crippen LogP contribution in [0.25, 0.3) is 0 Å². The van der Waals surface area contributed by atoms with Crippen molar-refractivity contribution in [3.8, 4) is 0 Å². The average Bonchev–Trinajstić information content (AvgIpc) is 2.41. The molecule has 1 aromatic rings. The van der Waals surface area contributed by atoms with Crippen molar-refractivity contribution in [3.05, 3.63) is 28.5 Å². The van der Waals surface area contributed by atoms with Crippen molar-refractivity contribution < 1.29 is 19.1 Å². The molecule has 0 aliphatic heterocycles. The highest BCUT2D eigenvalue weighted by Crippen LogP contribution is 2.33. The normalized spacial score (nSPS) is 11.4. The highest BCUT2D eigenvalue weighted by molar-refractivity contribution is 6.33. The van der Waals surface area contributed by atoms with Crippen molar-refractivity contribution in [2.75, 3.05) is 5.73 Å². The summed E-state index contributed by atoms with van der Waals surface area (Å²) in [5.41, 5.74) is 4.04. The van der Waals surface area contributed by atoms with Gasteiger partial charge in [0, 0.05) is 12.0 Å². The number of halogens is 2. The van der Waals surface area contributed by atoms with Gasteiger partial charge in [-0.25, -0.2) is 4.39 Å². The second kappa shape index (κ2) is 6.22. The fraction of sp³-hybridized carbons (Fsp3) is 0.429. The van der Waals surface area contributed by atoms with Crippen molar-refractivity contribution in [3.63, 3.8) is 0 Å². The molecule has 6 heteroatoms. The number of rotatable bonds is 6. The van der Waals surface area contributed by atoms with Gasteiger partial charge in [-0.1, -0.05) is 25.4 Å². The minimum Gasteiger partial charge on any atom is -0.481 e. The number of carboxylic acid groups (broad SMARTS) is 1. The average molecular weight is 302 g/mol. The monoisotopic (exact) mass is 301 g/mol.